The molecule has 25 heavy (non-hydrogen) atoms. The normalized spacial score (nSPS) is 14.3. The molecule has 9 heteroatoms. The minimum Gasteiger partial charge on any atom is -0.486 e. The van der Waals surface area contributed by atoms with Crippen molar-refractivity contribution in [3.05, 3.63) is 33.9 Å². The first-order valence-electron chi connectivity index (χ1n) is 8.06. The molecule has 2 rings (SSSR count). The average molecular weight is 350 g/mol. The van der Waals surface area contributed by atoms with E-state index in [2.05, 4.69) is 0 Å². The molecule has 0 radical (unpaired) electrons. The van der Waals surface area contributed by atoms with E-state index < -0.39 is 4.92 Å². The number of nitro benzene ring substituents is 1. The number of aryl methyl sites for hydroxylation is 1. The van der Waals surface area contributed by atoms with Crippen molar-refractivity contribution < 1.29 is 19.2 Å². The summed E-state index contributed by atoms with van der Waals surface area (Å²) in [6.07, 6.45) is 0.121. The number of nitro groups is 1. The van der Waals surface area contributed by atoms with Gasteiger partial charge < -0.3 is 20.3 Å². The van der Waals surface area contributed by atoms with Gasteiger partial charge in [-0.3, -0.25) is 19.7 Å². The van der Waals surface area contributed by atoms with Gasteiger partial charge in [-0.1, -0.05) is 6.07 Å². The Hall–Kier alpha value is -2.68. The van der Waals surface area contributed by atoms with Crippen molar-refractivity contribution in [2.75, 3.05) is 39.3 Å². The molecule has 1 aliphatic rings. The molecule has 1 heterocycles. The molecule has 1 fully saturated rings. The SMILES string of the molecule is Cc1ccc(OCCC(=O)N2CCN(C(=O)CN)CC2)c([N+](=O)[O-])c1. The minimum absolute atomic E-state index is 0.0306. The Morgan fingerprint density at radius 1 is 1.20 bits per heavy atom. The molecule has 0 unspecified atom stereocenters. The molecule has 1 aromatic carbocycles. The maximum absolute atomic E-state index is 12.2. The largest absolute Gasteiger partial charge is 0.486 e. The van der Waals surface area contributed by atoms with Gasteiger partial charge in [0.1, 0.15) is 0 Å². The third kappa shape index (κ3) is 4.90. The number of hydrogen-bond acceptors (Lipinski definition) is 6. The quantitative estimate of drug-likeness (QED) is 0.582. The number of nitrogens with two attached hydrogens (primary N) is 1. The Labute approximate surface area is 145 Å². The van der Waals surface area contributed by atoms with Crippen LogP contribution in [0.2, 0.25) is 0 Å². The number of piperazine rings is 1. The lowest BCUT2D eigenvalue weighted by Crippen LogP contribution is -2.52. The highest BCUT2D eigenvalue weighted by molar-refractivity contribution is 5.79. The molecular weight excluding hydrogens is 328 g/mol. The Balaban J connectivity index is 1.82. The maximum Gasteiger partial charge on any atom is 0.311 e. The van der Waals surface area contributed by atoms with Crippen molar-refractivity contribution in [1.82, 2.24) is 9.80 Å². The zero-order valence-corrected chi connectivity index (χ0v) is 14.1. The third-order valence-electron chi connectivity index (χ3n) is 4.04. The number of carbonyl (C=O) groups is 2. The molecule has 136 valence electrons. The lowest BCUT2D eigenvalue weighted by Gasteiger charge is -2.34. The zero-order valence-electron chi connectivity index (χ0n) is 14.1. The second kappa shape index (κ2) is 8.43. The number of rotatable bonds is 6. The van der Waals surface area contributed by atoms with Gasteiger partial charge in [-0.25, -0.2) is 0 Å². The fraction of sp³-hybridized carbons (Fsp3) is 0.500. The molecule has 2 N–H and O–H groups in total. The Bertz CT molecular complexity index is 656. The van der Waals surface area contributed by atoms with Crippen LogP contribution in [0, 0.1) is 17.0 Å². The lowest BCUT2D eigenvalue weighted by atomic mass is 10.2. The van der Waals surface area contributed by atoms with Gasteiger partial charge in [0.25, 0.3) is 0 Å². The van der Waals surface area contributed by atoms with Crippen molar-refractivity contribution in [2.24, 2.45) is 5.73 Å². The number of nitrogens with zero attached hydrogens (tertiary/aromatic N) is 3. The Morgan fingerprint density at radius 2 is 1.80 bits per heavy atom. The highest BCUT2D eigenvalue weighted by Crippen LogP contribution is 2.27. The average Bonchev–Trinajstić information content (AvgIpc) is 2.62. The fourth-order valence-electron chi connectivity index (χ4n) is 2.63. The topological polar surface area (TPSA) is 119 Å². The summed E-state index contributed by atoms with van der Waals surface area (Å²) in [5.41, 5.74) is 5.98. The fourth-order valence-corrected chi connectivity index (χ4v) is 2.63. The van der Waals surface area contributed by atoms with Crippen LogP contribution in [-0.2, 0) is 9.59 Å². The molecule has 0 aliphatic carbocycles. The van der Waals surface area contributed by atoms with Gasteiger partial charge in [-0.2, -0.15) is 0 Å². The lowest BCUT2D eigenvalue weighted by molar-refractivity contribution is -0.385. The van der Waals surface area contributed by atoms with E-state index in [1.165, 1.54) is 12.1 Å². The van der Waals surface area contributed by atoms with E-state index in [-0.39, 0.29) is 42.8 Å². The summed E-state index contributed by atoms with van der Waals surface area (Å²) < 4.78 is 5.42. The first-order valence-corrected chi connectivity index (χ1v) is 8.06. The van der Waals surface area contributed by atoms with Crippen LogP contribution in [0.3, 0.4) is 0 Å². The third-order valence-corrected chi connectivity index (χ3v) is 4.04. The summed E-state index contributed by atoms with van der Waals surface area (Å²) in [6.45, 7) is 3.62. The number of amides is 2. The molecule has 1 saturated heterocycles. The van der Waals surface area contributed by atoms with E-state index in [0.29, 0.717) is 26.2 Å². The van der Waals surface area contributed by atoms with Gasteiger partial charge >= 0.3 is 5.69 Å². The second-order valence-electron chi connectivity index (χ2n) is 5.79. The first-order chi connectivity index (χ1) is 11.9. The van der Waals surface area contributed by atoms with Gasteiger partial charge in [0, 0.05) is 32.2 Å². The monoisotopic (exact) mass is 350 g/mol. The number of benzene rings is 1. The Kier molecular flexibility index (Phi) is 6.29. The van der Waals surface area contributed by atoms with Gasteiger partial charge in [0.2, 0.25) is 11.8 Å². The molecular formula is C16H22N4O5. The van der Waals surface area contributed by atoms with Crippen LogP contribution in [0.15, 0.2) is 18.2 Å². The van der Waals surface area contributed by atoms with Crippen molar-refractivity contribution in [2.45, 2.75) is 13.3 Å². The molecule has 2 amide bonds. The summed E-state index contributed by atoms with van der Waals surface area (Å²) in [4.78, 5) is 37.5. The Morgan fingerprint density at radius 3 is 2.36 bits per heavy atom. The molecule has 9 nitrogen and oxygen atoms in total. The van der Waals surface area contributed by atoms with Crippen LogP contribution >= 0.6 is 0 Å². The minimum atomic E-state index is -0.502. The van der Waals surface area contributed by atoms with Gasteiger partial charge in [0.15, 0.2) is 5.75 Å². The smallest absolute Gasteiger partial charge is 0.311 e. The van der Waals surface area contributed by atoms with E-state index in [1.807, 2.05) is 0 Å². The van der Waals surface area contributed by atoms with Gasteiger partial charge in [0.05, 0.1) is 24.5 Å². The summed E-state index contributed by atoms with van der Waals surface area (Å²) in [6, 6.07) is 4.69. The van der Waals surface area contributed by atoms with E-state index in [1.54, 1.807) is 22.8 Å². The van der Waals surface area contributed by atoms with Crippen molar-refractivity contribution in [3.63, 3.8) is 0 Å². The standard InChI is InChI=1S/C16H22N4O5/c1-12-2-3-14(13(10-12)20(23)24)25-9-4-15(21)18-5-7-19(8-6-18)16(22)11-17/h2-3,10H,4-9,11,17H2,1H3. The van der Waals surface area contributed by atoms with E-state index >= 15 is 0 Å². The van der Waals surface area contributed by atoms with Gasteiger partial charge in [-0.05, 0) is 18.6 Å². The predicted molar refractivity (Wildman–Crippen MR) is 90.2 cm³/mol. The van der Waals surface area contributed by atoms with Crippen LogP contribution in [0.4, 0.5) is 5.69 Å². The number of hydrogen-bond donors (Lipinski definition) is 1. The van der Waals surface area contributed by atoms with E-state index in [4.69, 9.17) is 10.5 Å². The van der Waals surface area contributed by atoms with Crippen molar-refractivity contribution in [1.29, 1.82) is 0 Å². The summed E-state index contributed by atoms with van der Waals surface area (Å²) in [7, 11) is 0. The number of ether oxygens (including phenoxy) is 1. The van der Waals surface area contributed by atoms with Crippen LogP contribution in [0.5, 0.6) is 5.75 Å². The van der Waals surface area contributed by atoms with Crippen LogP contribution in [0.25, 0.3) is 0 Å². The molecule has 1 aromatic rings. The van der Waals surface area contributed by atoms with Crippen molar-refractivity contribution >= 4 is 17.5 Å². The molecule has 0 atom stereocenters. The van der Waals surface area contributed by atoms with E-state index in [9.17, 15) is 19.7 Å². The predicted octanol–water partition coefficient (Wildman–Crippen LogP) is 0.302. The maximum atomic E-state index is 12.2. The molecule has 0 aromatic heterocycles. The molecule has 0 saturated carbocycles. The van der Waals surface area contributed by atoms with Gasteiger partial charge in [-0.15, -0.1) is 0 Å². The molecule has 1 aliphatic heterocycles. The summed E-state index contributed by atoms with van der Waals surface area (Å²) in [5, 5.41) is 11.0. The summed E-state index contributed by atoms with van der Waals surface area (Å²) in [5.74, 6) is -0.0708. The highest BCUT2D eigenvalue weighted by atomic mass is 16.6. The van der Waals surface area contributed by atoms with Crippen LogP contribution < -0.4 is 10.5 Å². The molecule has 0 bridgehead atoms. The highest BCUT2D eigenvalue weighted by Gasteiger charge is 2.23. The van der Waals surface area contributed by atoms with Crippen LogP contribution in [-0.4, -0.2) is 65.9 Å². The zero-order chi connectivity index (χ0) is 18.4. The first kappa shape index (κ1) is 18.7. The molecule has 0 spiro atoms. The van der Waals surface area contributed by atoms with Crippen LogP contribution in [0.1, 0.15) is 12.0 Å². The summed E-state index contributed by atoms with van der Waals surface area (Å²) >= 11 is 0. The number of carbonyl (C=O) groups excluding carboxylic acids is 2. The second-order valence-corrected chi connectivity index (χ2v) is 5.79. The van der Waals surface area contributed by atoms with Crippen molar-refractivity contribution in [3.8, 4) is 5.75 Å². The van der Waals surface area contributed by atoms with E-state index in [0.717, 1.165) is 5.56 Å².